The van der Waals surface area contributed by atoms with Crippen molar-refractivity contribution >= 4 is 76.8 Å². The molecule has 0 aliphatic carbocycles. The molecule has 0 aromatic carbocycles. The quantitative estimate of drug-likeness (QED) is 0.0434. The van der Waals surface area contributed by atoms with Gasteiger partial charge in [-0.15, -0.1) is 0 Å². The van der Waals surface area contributed by atoms with Crippen LogP contribution in [0.4, 0.5) is 5.82 Å². The maximum Gasteiger partial charge on any atom is 0.481 e. The molecule has 3 rings (SSSR count). The highest BCUT2D eigenvalue weighted by Gasteiger charge is 2.50. The number of hydrogen-bond donors (Lipinski definition) is 13. The number of thiol groups is 1. The first-order chi connectivity index (χ1) is 26.7. The van der Waals surface area contributed by atoms with Gasteiger partial charge < -0.3 is 66.2 Å². The summed E-state index contributed by atoms with van der Waals surface area (Å²) in [6.45, 7) is 0.723. The molecule has 0 radical (unpaired) electrons. The Morgan fingerprint density at radius 3 is 2.22 bits per heavy atom. The average Bonchev–Trinajstić information content (AvgIpc) is 3.67. The molecule has 2 aromatic heterocycles. The van der Waals surface area contributed by atoms with E-state index in [1.54, 1.807) is 0 Å². The number of anilines is 1. The third-order valence-corrected chi connectivity index (χ3v) is 10.8. The van der Waals surface area contributed by atoms with Gasteiger partial charge in [-0.2, -0.15) is 16.9 Å². The first kappa shape index (κ1) is 50.9. The number of phosphoric acid groups is 3. The number of nitrogen functional groups attached to an aromatic ring is 1. The van der Waals surface area contributed by atoms with Crippen molar-refractivity contribution < 1.29 is 101 Å². The smallest absolute Gasteiger partial charge is 0.481 e. The Bertz CT molecular complexity index is 1880. The molecule has 8 atom stereocenters. The number of imidazole rings is 1. The maximum absolute atomic E-state index is 12.6. The Hall–Kier alpha value is -3.21. The number of phosphoric ester groups is 3. The summed E-state index contributed by atoms with van der Waals surface area (Å²) in [5.41, 5.74) is 4.30. The van der Waals surface area contributed by atoms with Gasteiger partial charge in [-0.25, -0.2) is 33.4 Å². The lowest BCUT2D eigenvalue weighted by Gasteiger charge is -2.30. The topological polar surface area (TPSA) is 441 Å². The van der Waals surface area contributed by atoms with E-state index >= 15 is 0 Å². The lowest BCUT2D eigenvalue weighted by molar-refractivity contribution is -0.148. The van der Waals surface area contributed by atoms with Crippen molar-refractivity contribution in [2.75, 3.05) is 37.8 Å². The van der Waals surface area contributed by atoms with Gasteiger partial charge in [0.25, 0.3) is 0 Å². The number of carbonyl (C=O) groups excluding carboxylic acids is 2. The summed E-state index contributed by atoms with van der Waals surface area (Å²) >= 11 is 3.95. The molecule has 58 heavy (non-hydrogen) atoms. The molecule has 2 amide bonds. The molecule has 0 bridgehead atoms. The number of carbonyl (C=O) groups is 4. The Morgan fingerprint density at radius 2 is 1.64 bits per heavy atom. The Labute approximate surface area is 332 Å². The number of rotatable bonds is 22. The lowest BCUT2D eigenvalue weighted by Crippen LogP contribution is -2.46. The molecule has 2 aromatic rings. The van der Waals surface area contributed by atoms with Gasteiger partial charge in [0.1, 0.15) is 36.3 Å². The van der Waals surface area contributed by atoms with Gasteiger partial charge >= 0.3 is 35.4 Å². The number of carboxylic acid groups (broad SMARTS) is 2. The van der Waals surface area contributed by atoms with E-state index in [0.29, 0.717) is 12.3 Å². The van der Waals surface area contributed by atoms with Crippen LogP contribution in [0, 0.1) is 5.41 Å². The highest BCUT2D eigenvalue weighted by molar-refractivity contribution is 7.80. The molecule has 3 unspecified atom stereocenters. The predicted octanol–water partition coefficient (Wildman–Crippen LogP) is -2.37. The molecule has 1 aliphatic rings. The summed E-state index contributed by atoms with van der Waals surface area (Å²) in [7, 11) is -16.3. The van der Waals surface area contributed by atoms with Gasteiger partial charge in [-0.1, -0.05) is 13.8 Å². The molecule has 32 heteroatoms. The second-order valence-electron chi connectivity index (χ2n) is 12.6. The van der Waals surface area contributed by atoms with Gasteiger partial charge in [0.2, 0.25) is 11.8 Å². The van der Waals surface area contributed by atoms with E-state index in [0.717, 1.165) is 17.2 Å². The predicted molar refractivity (Wildman–Crippen MR) is 194 cm³/mol. The van der Waals surface area contributed by atoms with Crippen LogP contribution in [0.15, 0.2) is 12.7 Å². The van der Waals surface area contributed by atoms with Crippen LogP contribution in [0.3, 0.4) is 0 Å². The van der Waals surface area contributed by atoms with E-state index in [9.17, 15) is 62.7 Å². The maximum atomic E-state index is 12.6. The summed E-state index contributed by atoms with van der Waals surface area (Å²) in [5.74, 6) is -3.44. The second kappa shape index (κ2) is 21.9. The molecular weight excluding hydrogens is 871 g/mol. The molecule has 0 spiro atoms. The van der Waals surface area contributed by atoms with Crippen molar-refractivity contribution in [3.05, 3.63) is 12.7 Å². The number of amides is 2. The van der Waals surface area contributed by atoms with Crippen molar-refractivity contribution in [2.45, 2.75) is 69.9 Å². The summed E-state index contributed by atoms with van der Waals surface area (Å²) in [5, 5.41) is 50.7. The number of ether oxygens (including phenoxy) is 1. The van der Waals surface area contributed by atoms with Crippen molar-refractivity contribution in [1.82, 2.24) is 30.2 Å². The van der Waals surface area contributed by atoms with Gasteiger partial charge in [0, 0.05) is 37.1 Å². The third kappa shape index (κ3) is 16.4. The van der Waals surface area contributed by atoms with Crippen molar-refractivity contribution in [2.24, 2.45) is 5.41 Å². The van der Waals surface area contributed by atoms with Crippen molar-refractivity contribution in [1.29, 1.82) is 0 Å². The standard InChI is InChI=1S/C21H36N7O16P3S.C5H8O5/c1-21(2,16(31)19(32)24-4-3-12(29)23-5-6-48)8-41-47(38,39)44-46(36,37)40-7-11-15(43-45(33,34)35)14(30)20(42-11)28-10-27-13-17(22)25-9-26-18(13)28;6-3(5(9)10)1-2-4(7)8/h9-11,14-16,20,30-31,48H,3-8H2,1-2H3,(H,23,29)(H,24,32)(H,36,37)(H,38,39)(H2,22,25,26)(H2,33,34,35);3,6H,1-2H2,(H,7,8)(H,9,10)/t11-,14-,15-,16+,20-;/m1./s1. The number of fused-ring (bicyclic) bond motifs is 1. The molecule has 28 nitrogen and oxygen atoms in total. The zero-order valence-corrected chi connectivity index (χ0v) is 33.9. The number of hydrogen-bond acceptors (Lipinski definition) is 20. The van der Waals surface area contributed by atoms with Crippen LogP contribution in [0.2, 0.25) is 0 Å². The monoisotopic (exact) mass is 915 g/mol. The van der Waals surface area contributed by atoms with Crippen molar-refractivity contribution in [3.8, 4) is 0 Å². The average molecular weight is 916 g/mol. The molecule has 3 heterocycles. The largest absolute Gasteiger partial charge is 0.481 e. The Balaban J connectivity index is 0.00000102. The van der Waals surface area contributed by atoms with Crippen LogP contribution in [-0.4, -0.2) is 151 Å². The molecule has 1 aliphatic heterocycles. The Kier molecular flexibility index (Phi) is 19.2. The number of aliphatic hydroxyl groups is 3. The molecule has 1 fully saturated rings. The number of aromatic nitrogens is 4. The summed E-state index contributed by atoms with van der Waals surface area (Å²) in [6.07, 6.45) is -8.87. The van der Waals surface area contributed by atoms with Gasteiger partial charge in [0.15, 0.2) is 23.8 Å². The SMILES string of the molecule is CC(C)(COP(=O)(O)OP(=O)(O)OC[C@H]1O[C@@H](n2cnc3c(N)ncnc32)[C@H](O)[C@@H]1OP(=O)(O)O)[C@@H](O)C(=O)NCCC(=O)NCCS.O=C(O)CCC(O)C(=O)O. The molecule has 0 saturated carbocycles. The van der Waals surface area contributed by atoms with E-state index in [1.165, 1.54) is 13.8 Å². The third-order valence-electron chi connectivity index (χ3n) is 7.43. The molecular formula is C26H44N7O21P3S. The van der Waals surface area contributed by atoms with Crippen LogP contribution < -0.4 is 16.4 Å². The summed E-state index contributed by atoms with van der Waals surface area (Å²) in [6, 6.07) is 0. The highest BCUT2D eigenvalue weighted by Crippen LogP contribution is 2.61. The first-order valence-corrected chi connectivity index (χ1v) is 21.5. The number of nitrogens with zero attached hydrogens (tertiary/aromatic N) is 4. The van der Waals surface area contributed by atoms with Crippen LogP contribution in [0.1, 0.15) is 39.3 Å². The molecule has 13 N–H and O–H groups in total. The van der Waals surface area contributed by atoms with E-state index in [2.05, 4.69) is 47.0 Å². The summed E-state index contributed by atoms with van der Waals surface area (Å²) in [4.78, 5) is 94.3. The number of nitrogens with one attached hydrogen (secondary N) is 2. The summed E-state index contributed by atoms with van der Waals surface area (Å²) < 4.78 is 61.7. The minimum Gasteiger partial charge on any atom is -0.481 e. The first-order valence-electron chi connectivity index (χ1n) is 16.3. The van der Waals surface area contributed by atoms with Gasteiger partial charge in [-0.3, -0.25) is 32.5 Å². The molecule has 330 valence electrons. The van der Waals surface area contributed by atoms with E-state index in [-0.39, 0.29) is 48.7 Å². The fourth-order valence-electron chi connectivity index (χ4n) is 4.52. The number of nitrogens with two attached hydrogens (primary N) is 1. The molecule has 1 saturated heterocycles. The minimum absolute atomic E-state index is 0.0363. The Morgan fingerprint density at radius 1 is 1.00 bits per heavy atom. The zero-order valence-electron chi connectivity index (χ0n) is 30.4. The minimum atomic E-state index is -5.54. The fourth-order valence-corrected chi connectivity index (χ4v) is 7.46. The fraction of sp³-hybridized carbons (Fsp3) is 0.654. The highest BCUT2D eigenvalue weighted by atomic mass is 32.1. The van der Waals surface area contributed by atoms with E-state index < -0.39 is 96.7 Å². The van der Waals surface area contributed by atoms with Gasteiger partial charge in [0.05, 0.1) is 19.5 Å². The van der Waals surface area contributed by atoms with Crippen LogP contribution in [-0.2, 0) is 55.5 Å². The van der Waals surface area contributed by atoms with Crippen LogP contribution in [0.5, 0.6) is 0 Å². The van der Waals surface area contributed by atoms with Crippen LogP contribution in [0.25, 0.3) is 11.2 Å². The normalized spacial score (nSPS) is 21.5. The van der Waals surface area contributed by atoms with E-state index in [4.69, 9.17) is 34.8 Å². The van der Waals surface area contributed by atoms with E-state index in [1.807, 2.05) is 0 Å². The van der Waals surface area contributed by atoms with Crippen LogP contribution >= 0.6 is 36.1 Å². The van der Waals surface area contributed by atoms with Crippen molar-refractivity contribution in [3.63, 3.8) is 0 Å². The second-order valence-corrected chi connectivity index (χ2v) is 17.3. The zero-order chi connectivity index (χ0) is 44.2. The lowest BCUT2D eigenvalue weighted by atomic mass is 9.87. The number of aliphatic carboxylic acids is 2. The number of carboxylic acids is 2. The van der Waals surface area contributed by atoms with Gasteiger partial charge in [-0.05, 0) is 6.42 Å². The number of aliphatic hydroxyl groups excluding tert-OH is 3.